The Labute approximate surface area is 96.9 Å². The Morgan fingerprint density at radius 1 is 0.824 bits per heavy atom. The molecule has 0 heterocycles. The third-order valence-electron chi connectivity index (χ3n) is 2.33. The first-order valence-corrected chi connectivity index (χ1v) is 5.08. The molecule has 0 aliphatic rings. The Kier molecular flexibility index (Phi) is 3.32. The lowest BCUT2D eigenvalue weighted by atomic mass is 10.2. The zero-order chi connectivity index (χ0) is 12.3. The second-order valence-electron chi connectivity index (χ2n) is 3.61. The molecule has 88 valence electrons. The first-order valence-electron chi connectivity index (χ1n) is 5.08. The van der Waals surface area contributed by atoms with Gasteiger partial charge in [0, 0.05) is 18.3 Å². The number of anilines is 1. The normalized spacial score (nSPS) is 10.3. The average molecular weight is 237 g/mol. The molecule has 0 aromatic heterocycles. The molecular weight excluding hydrogens is 227 g/mol. The summed E-state index contributed by atoms with van der Waals surface area (Å²) in [6.07, 6.45) is 0. The predicted octanol–water partition coefficient (Wildman–Crippen LogP) is 3.72. The minimum Gasteiger partial charge on any atom is -0.381 e. The van der Waals surface area contributed by atoms with Gasteiger partial charge in [0.15, 0.2) is 11.6 Å². The van der Waals surface area contributed by atoms with Gasteiger partial charge in [-0.25, -0.2) is 13.2 Å². The van der Waals surface area contributed by atoms with Crippen molar-refractivity contribution in [1.82, 2.24) is 0 Å². The predicted molar refractivity (Wildman–Crippen MR) is 60.1 cm³/mol. The Morgan fingerprint density at radius 2 is 1.53 bits per heavy atom. The van der Waals surface area contributed by atoms with Gasteiger partial charge >= 0.3 is 0 Å². The van der Waals surface area contributed by atoms with Gasteiger partial charge in [0.05, 0.1) is 0 Å². The van der Waals surface area contributed by atoms with Crippen molar-refractivity contribution in [1.29, 1.82) is 0 Å². The molecule has 0 radical (unpaired) electrons. The third kappa shape index (κ3) is 3.00. The van der Waals surface area contributed by atoms with Crippen LogP contribution in [0.15, 0.2) is 42.5 Å². The van der Waals surface area contributed by atoms with Crippen molar-refractivity contribution >= 4 is 5.69 Å². The molecule has 2 rings (SSSR count). The van der Waals surface area contributed by atoms with E-state index in [-0.39, 0.29) is 5.82 Å². The fraction of sp³-hybridized carbons (Fsp3) is 0.0769. The summed E-state index contributed by atoms with van der Waals surface area (Å²) in [5.41, 5.74) is 1.34. The van der Waals surface area contributed by atoms with Gasteiger partial charge in [-0.05, 0) is 29.8 Å². The quantitative estimate of drug-likeness (QED) is 0.857. The summed E-state index contributed by atoms with van der Waals surface area (Å²) in [6, 6.07) is 9.54. The van der Waals surface area contributed by atoms with Crippen LogP contribution < -0.4 is 5.32 Å². The molecule has 2 aromatic rings. The molecule has 17 heavy (non-hydrogen) atoms. The van der Waals surface area contributed by atoms with E-state index in [2.05, 4.69) is 5.32 Å². The lowest BCUT2D eigenvalue weighted by Crippen LogP contribution is -2.00. The van der Waals surface area contributed by atoms with Crippen molar-refractivity contribution in [2.24, 2.45) is 0 Å². The lowest BCUT2D eigenvalue weighted by molar-refractivity contribution is 0.509. The first kappa shape index (κ1) is 11.5. The van der Waals surface area contributed by atoms with Crippen LogP contribution in [0.2, 0.25) is 0 Å². The second-order valence-corrected chi connectivity index (χ2v) is 3.61. The van der Waals surface area contributed by atoms with E-state index in [0.29, 0.717) is 12.2 Å². The zero-order valence-corrected chi connectivity index (χ0v) is 8.88. The average Bonchev–Trinajstić information content (AvgIpc) is 2.33. The third-order valence-corrected chi connectivity index (χ3v) is 2.33. The maximum Gasteiger partial charge on any atom is 0.160 e. The molecule has 0 atom stereocenters. The summed E-state index contributed by atoms with van der Waals surface area (Å²) in [4.78, 5) is 0. The SMILES string of the molecule is Fc1ccc(CNc2ccc(F)c(F)c2)cc1. The monoisotopic (exact) mass is 237 g/mol. The summed E-state index contributed by atoms with van der Waals surface area (Å²) in [7, 11) is 0. The Balaban J connectivity index is 2.02. The van der Waals surface area contributed by atoms with Crippen molar-refractivity contribution in [3.63, 3.8) is 0 Å². The topological polar surface area (TPSA) is 12.0 Å². The van der Waals surface area contributed by atoms with Crippen LogP contribution in [0.5, 0.6) is 0 Å². The standard InChI is InChI=1S/C13H10F3N/c14-10-3-1-9(2-4-10)8-17-11-5-6-12(15)13(16)7-11/h1-7,17H,8H2. The van der Waals surface area contributed by atoms with E-state index in [4.69, 9.17) is 0 Å². The van der Waals surface area contributed by atoms with Gasteiger partial charge in [-0.2, -0.15) is 0 Å². The number of rotatable bonds is 3. The van der Waals surface area contributed by atoms with Gasteiger partial charge in [0.1, 0.15) is 5.82 Å². The van der Waals surface area contributed by atoms with Gasteiger partial charge in [-0.3, -0.25) is 0 Å². The van der Waals surface area contributed by atoms with E-state index < -0.39 is 11.6 Å². The second kappa shape index (κ2) is 4.91. The Hall–Kier alpha value is -1.97. The van der Waals surface area contributed by atoms with Crippen LogP contribution in [0, 0.1) is 17.5 Å². The summed E-state index contributed by atoms with van der Waals surface area (Å²) < 4.78 is 38.2. The molecule has 0 saturated carbocycles. The van der Waals surface area contributed by atoms with Crippen molar-refractivity contribution in [3.8, 4) is 0 Å². The first-order chi connectivity index (χ1) is 8.15. The van der Waals surface area contributed by atoms with Crippen molar-refractivity contribution in [2.75, 3.05) is 5.32 Å². The molecule has 0 aliphatic heterocycles. The number of hydrogen-bond donors (Lipinski definition) is 1. The molecule has 0 fully saturated rings. The number of halogens is 3. The highest BCUT2D eigenvalue weighted by Gasteiger charge is 2.02. The molecule has 0 aliphatic carbocycles. The molecule has 1 N–H and O–H groups in total. The Morgan fingerprint density at radius 3 is 2.18 bits per heavy atom. The van der Waals surface area contributed by atoms with Crippen molar-refractivity contribution in [3.05, 3.63) is 65.5 Å². The molecule has 0 unspecified atom stereocenters. The largest absolute Gasteiger partial charge is 0.381 e. The van der Waals surface area contributed by atoms with Crippen LogP contribution in [0.25, 0.3) is 0 Å². The highest BCUT2D eigenvalue weighted by molar-refractivity contribution is 5.44. The minimum absolute atomic E-state index is 0.304. The fourth-order valence-electron chi connectivity index (χ4n) is 1.41. The van der Waals surface area contributed by atoms with Crippen LogP contribution in [0.1, 0.15) is 5.56 Å². The summed E-state index contributed by atoms with van der Waals surface area (Å²) in [5.74, 6) is -2.08. The van der Waals surface area contributed by atoms with Gasteiger partial charge in [0.2, 0.25) is 0 Å². The number of hydrogen-bond acceptors (Lipinski definition) is 1. The summed E-state index contributed by atoms with van der Waals surface area (Å²) in [6.45, 7) is 0.422. The highest BCUT2D eigenvalue weighted by Crippen LogP contribution is 2.14. The van der Waals surface area contributed by atoms with Crippen LogP contribution in [0.4, 0.5) is 18.9 Å². The van der Waals surface area contributed by atoms with E-state index in [9.17, 15) is 13.2 Å². The molecule has 0 amide bonds. The van der Waals surface area contributed by atoms with Crippen LogP contribution in [-0.2, 0) is 6.54 Å². The zero-order valence-electron chi connectivity index (χ0n) is 8.88. The van der Waals surface area contributed by atoms with Crippen molar-refractivity contribution < 1.29 is 13.2 Å². The van der Waals surface area contributed by atoms with Gasteiger partial charge in [-0.15, -0.1) is 0 Å². The van der Waals surface area contributed by atoms with Crippen LogP contribution >= 0.6 is 0 Å². The minimum atomic E-state index is -0.894. The molecule has 1 nitrogen and oxygen atoms in total. The molecule has 0 spiro atoms. The lowest BCUT2D eigenvalue weighted by Gasteiger charge is -2.06. The summed E-state index contributed by atoms with van der Waals surface area (Å²) in [5, 5.41) is 2.92. The van der Waals surface area contributed by atoms with E-state index in [0.717, 1.165) is 17.7 Å². The summed E-state index contributed by atoms with van der Waals surface area (Å²) >= 11 is 0. The fourth-order valence-corrected chi connectivity index (χ4v) is 1.41. The smallest absolute Gasteiger partial charge is 0.160 e. The molecule has 2 aromatic carbocycles. The maximum atomic E-state index is 12.9. The van der Waals surface area contributed by atoms with Crippen LogP contribution in [-0.4, -0.2) is 0 Å². The number of nitrogens with one attached hydrogen (secondary N) is 1. The molecule has 0 bridgehead atoms. The van der Waals surface area contributed by atoms with Gasteiger partial charge in [0.25, 0.3) is 0 Å². The van der Waals surface area contributed by atoms with E-state index in [1.807, 2.05) is 0 Å². The number of benzene rings is 2. The van der Waals surface area contributed by atoms with Gasteiger partial charge < -0.3 is 5.32 Å². The van der Waals surface area contributed by atoms with Crippen LogP contribution in [0.3, 0.4) is 0 Å². The van der Waals surface area contributed by atoms with E-state index >= 15 is 0 Å². The Bertz CT molecular complexity index is 509. The molecule has 4 heteroatoms. The molecule has 0 saturated heterocycles. The van der Waals surface area contributed by atoms with Gasteiger partial charge in [-0.1, -0.05) is 12.1 Å². The van der Waals surface area contributed by atoms with Crippen molar-refractivity contribution in [2.45, 2.75) is 6.54 Å². The molecular formula is C13H10F3N. The van der Waals surface area contributed by atoms with E-state index in [1.54, 1.807) is 12.1 Å². The van der Waals surface area contributed by atoms with E-state index in [1.165, 1.54) is 18.2 Å². The highest BCUT2D eigenvalue weighted by atomic mass is 19.2. The maximum absolute atomic E-state index is 12.9.